The number of ether oxygens (including phenoxy) is 2. The van der Waals surface area contributed by atoms with Crippen LogP contribution in [0.1, 0.15) is 31.9 Å². The Morgan fingerprint density at radius 1 is 1.19 bits per heavy atom. The highest BCUT2D eigenvalue weighted by molar-refractivity contribution is 5.81. The summed E-state index contributed by atoms with van der Waals surface area (Å²) < 4.78 is 11.3. The number of carbonyl (C=O) groups is 1. The minimum Gasteiger partial charge on any atom is -0.494 e. The molecule has 3 aromatic rings. The van der Waals surface area contributed by atoms with Gasteiger partial charge < -0.3 is 19.4 Å². The first-order chi connectivity index (χ1) is 15.5. The number of amides is 1. The van der Waals surface area contributed by atoms with Gasteiger partial charge in [-0.05, 0) is 56.7 Å². The zero-order valence-electron chi connectivity index (χ0n) is 18.2. The van der Waals surface area contributed by atoms with Gasteiger partial charge in [-0.1, -0.05) is 0 Å². The Hall–Kier alpha value is -3.68. The van der Waals surface area contributed by atoms with Crippen LogP contribution in [0.3, 0.4) is 0 Å². The Bertz CT molecular complexity index is 1110. The van der Waals surface area contributed by atoms with E-state index in [0.29, 0.717) is 37.0 Å². The standard InChI is InChI=1S/C24H26N4O4/c1-3-31-19-4-6-20(7-5-19)32-16(2)24(30)28-13-10-18(15-28)21-14-22(29)27-23(26-21)17-8-11-25-12-9-17/h4-9,11-12,14,16,18H,3,10,13,15H2,1-2H3,(H,26,27,29)/t16-,18+/m0/s1. The third kappa shape index (κ3) is 4.96. The molecule has 0 saturated carbocycles. The number of hydrogen-bond donors (Lipinski definition) is 1. The molecular formula is C24H26N4O4. The molecule has 0 aliphatic carbocycles. The normalized spacial score (nSPS) is 16.6. The van der Waals surface area contributed by atoms with Gasteiger partial charge in [0.15, 0.2) is 6.10 Å². The summed E-state index contributed by atoms with van der Waals surface area (Å²) in [6.45, 7) is 5.37. The van der Waals surface area contributed by atoms with E-state index < -0.39 is 6.10 Å². The van der Waals surface area contributed by atoms with Crippen LogP contribution in [0.15, 0.2) is 59.7 Å². The summed E-state index contributed by atoms with van der Waals surface area (Å²) in [7, 11) is 0. The molecule has 166 valence electrons. The number of rotatable bonds is 7. The van der Waals surface area contributed by atoms with Gasteiger partial charge in [0.2, 0.25) is 0 Å². The minimum absolute atomic E-state index is 0.000451. The zero-order valence-corrected chi connectivity index (χ0v) is 18.2. The van der Waals surface area contributed by atoms with Gasteiger partial charge in [-0.25, -0.2) is 4.98 Å². The van der Waals surface area contributed by atoms with Crippen LogP contribution < -0.4 is 15.0 Å². The van der Waals surface area contributed by atoms with E-state index in [2.05, 4.69) is 15.0 Å². The van der Waals surface area contributed by atoms with Gasteiger partial charge >= 0.3 is 0 Å². The Morgan fingerprint density at radius 3 is 2.62 bits per heavy atom. The van der Waals surface area contributed by atoms with E-state index in [1.54, 1.807) is 48.5 Å². The number of aromatic amines is 1. The molecule has 8 nitrogen and oxygen atoms in total. The van der Waals surface area contributed by atoms with E-state index in [4.69, 9.17) is 9.47 Å². The number of hydrogen-bond acceptors (Lipinski definition) is 6. The van der Waals surface area contributed by atoms with Crippen molar-refractivity contribution in [3.63, 3.8) is 0 Å². The van der Waals surface area contributed by atoms with Crippen molar-refractivity contribution < 1.29 is 14.3 Å². The lowest BCUT2D eigenvalue weighted by atomic mass is 10.0. The molecule has 3 heterocycles. The molecule has 0 bridgehead atoms. The summed E-state index contributed by atoms with van der Waals surface area (Å²) in [6.07, 6.45) is 3.44. The molecule has 0 unspecified atom stereocenters. The highest BCUT2D eigenvalue weighted by atomic mass is 16.5. The van der Waals surface area contributed by atoms with E-state index in [9.17, 15) is 9.59 Å². The fraction of sp³-hybridized carbons (Fsp3) is 0.333. The number of pyridine rings is 1. The molecule has 1 fully saturated rings. The lowest BCUT2D eigenvalue weighted by molar-refractivity contribution is -0.136. The summed E-state index contributed by atoms with van der Waals surface area (Å²) in [5.41, 5.74) is 1.27. The van der Waals surface area contributed by atoms with E-state index >= 15 is 0 Å². The van der Waals surface area contributed by atoms with Gasteiger partial charge in [-0.3, -0.25) is 14.6 Å². The van der Waals surface area contributed by atoms with Gasteiger partial charge in [-0.15, -0.1) is 0 Å². The summed E-state index contributed by atoms with van der Waals surface area (Å²) in [4.78, 5) is 38.3. The molecule has 1 saturated heterocycles. The van der Waals surface area contributed by atoms with E-state index in [1.165, 1.54) is 6.07 Å². The SMILES string of the molecule is CCOc1ccc(O[C@@H](C)C(=O)N2CC[C@@H](c3cc(=O)[nH]c(-c4ccncc4)n3)C2)cc1. The molecule has 1 N–H and O–H groups in total. The highest BCUT2D eigenvalue weighted by Gasteiger charge is 2.31. The topological polar surface area (TPSA) is 97.4 Å². The van der Waals surface area contributed by atoms with Crippen molar-refractivity contribution in [2.24, 2.45) is 0 Å². The molecule has 1 aliphatic rings. The Morgan fingerprint density at radius 2 is 1.91 bits per heavy atom. The molecular weight excluding hydrogens is 408 g/mol. The number of nitrogens with one attached hydrogen (secondary N) is 1. The Kier molecular flexibility index (Phi) is 6.49. The molecule has 1 aliphatic heterocycles. The molecule has 1 aromatic carbocycles. The molecule has 1 amide bonds. The van der Waals surface area contributed by atoms with Gasteiger partial charge in [0.05, 0.1) is 12.3 Å². The monoisotopic (exact) mass is 434 g/mol. The summed E-state index contributed by atoms with van der Waals surface area (Å²) >= 11 is 0. The Labute approximate surface area is 186 Å². The van der Waals surface area contributed by atoms with Crippen molar-refractivity contribution in [3.05, 3.63) is 70.9 Å². The average molecular weight is 434 g/mol. The van der Waals surface area contributed by atoms with E-state index in [1.807, 2.05) is 19.1 Å². The van der Waals surface area contributed by atoms with Gasteiger partial charge in [0, 0.05) is 43.0 Å². The fourth-order valence-electron chi connectivity index (χ4n) is 3.83. The molecule has 2 aromatic heterocycles. The van der Waals surface area contributed by atoms with Crippen LogP contribution in [0.5, 0.6) is 11.5 Å². The second-order valence-electron chi connectivity index (χ2n) is 7.69. The van der Waals surface area contributed by atoms with Crippen LogP contribution in [-0.2, 0) is 4.79 Å². The average Bonchev–Trinajstić information content (AvgIpc) is 3.30. The maximum atomic E-state index is 12.9. The first-order valence-corrected chi connectivity index (χ1v) is 10.7. The van der Waals surface area contributed by atoms with E-state index in [-0.39, 0.29) is 17.4 Å². The number of benzene rings is 1. The first-order valence-electron chi connectivity index (χ1n) is 10.7. The zero-order chi connectivity index (χ0) is 22.5. The number of carbonyl (C=O) groups excluding carboxylic acids is 1. The quantitative estimate of drug-likeness (QED) is 0.614. The van der Waals surface area contributed by atoms with Crippen LogP contribution >= 0.6 is 0 Å². The van der Waals surface area contributed by atoms with Crippen LogP contribution in [0, 0.1) is 0 Å². The Balaban J connectivity index is 1.41. The minimum atomic E-state index is -0.619. The molecule has 4 rings (SSSR count). The summed E-state index contributed by atoms with van der Waals surface area (Å²) in [5.74, 6) is 1.80. The lowest BCUT2D eigenvalue weighted by Gasteiger charge is -2.22. The fourth-order valence-corrected chi connectivity index (χ4v) is 3.83. The third-order valence-corrected chi connectivity index (χ3v) is 5.43. The first kappa shape index (κ1) is 21.5. The smallest absolute Gasteiger partial charge is 0.263 e. The molecule has 8 heteroatoms. The van der Waals surface area contributed by atoms with Gasteiger partial charge in [-0.2, -0.15) is 0 Å². The predicted octanol–water partition coefficient (Wildman–Crippen LogP) is 3.01. The third-order valence-electron chi connectivity index (χ3n) is 5.43. The van der Waals surface area contributed by atoms with Crippen molar-refractivity contribution in [2.75, 3.05) is 19.7 Å². The van der Waals surface area contributed by atoms with Gasteiger partial charge in [0.25, 0.3) is 11.5 Å². The number of aromatic nitrogens is 3. The van der Waals surface area contributed by atoms with Crippen molar-refractivity contribution in [3.8, 4) is 22.9 Å². The molecule has 0 radical (unpaired) electrons. The van der Waals surface area contributed by atoms with E-state index in [0.717, 1.165) is 17.7 Å². The largest absolute Gasteiger partial charge is 0.494 e. The van der Waals surface area contributed by atoms with Crippen LogP contribution in [-0.4, -0.2) is 51.6 Å². The second-order valence-corrected chi connectivity index (χ2v) is 7.69. The maximum Gasteiger partial charge on any atom is 0.263 e. The lowest BCUT2D eigenvalue weighted by Crippen LogP contribution is -2.39. The molecule has 2 atom stereocenters. The molecule has 0 spiro atoms. The maximum absolute atomic E-state index is 12.9. The summed E-state index contributed by atoms with van der Waals surface area (Å²) in [6, 6.07) is 12.3. The summed E-state index contributed by atoms with van der Waals surface area (Å²) in [5, 5.41) is 0. The van der Waals surface area contributed by atoms with Crippen molar-refractivity contribution in [2.45, 2.75) is 32.3 Å². The highest BCUT2D eigenvalue weighted by Crippen LogP contribution is 2.27. The van der Waals surface area contributed by atoms with Crippen molar-refractivity contribution in [1.29, 1.82) is 0 Å². The predicted molar refractivity (Wildman–Crippen MR) is 120 cm³/mol. The van der Waals surface area contributed by atoms with Crippen molar-refractivity contribution in [1.82, 2.24) is 19.9 Å². The number of nitrogens with zero attached hydrogens (tertiary/aromatic N) is 3. The number of H-pyrrole nitrogens is 1. The van der Waals surface area contributed by atoms with Crippen LogP contribution in [0.25, 0.3) is 11.4 Å². The second kappa shape index (κ2) is 9.64. The van der Waals surface area contributed by atoms with Crippen molar-refractivity contribution >= 4 is 5.91 Å². The number of likely N-dealkylation sites (tertiary alicyclic amines) is 1. The molecule has 32 heavy (non-hydrogen) atoms. The van der Waals surface area contributed by atoms with Crippen LogP contribution in [0.2, 0.25) is 0 Å². The van der Waals surface area contributed by atoms with Crippen LogP contribution in [0.4, 0.5) is 0 Å². The van der Waals surface area contributed by atoms with Gasteiger partial charge in [0.1, 0.15) is 17.3 Å².